The summed E-state index contributed by atoms with van der Waals surface area (Å²) in [6, 6.07) is 6.30. The maximum Gasteiger partial charge on any atom is 0.339 e. The summed E-state index contributed by atoms with van der Waals surface area (Å²) in [6.45, 7) is 9.64. The molecule has 0 aromatic heterocycles. The molecule has 4 atom stereocenters. The smallest absolute Gasteiger partial charge is 0.339 e. The average molecular weight is 437 g/mol. The Balaban J connectivity index is 1.55. The number of carbonyl (C=O) groups excluding carboxylic acids is 1. The molecule has 1 aromatic rings. The van der Waals surface area contributed by atoms with Gasteiger partial charge in [0.25, 0.3) is 0 Å². The number of hydrogen-bond acceptors (Lipinski definition) is 3. The lowest BCUT2D eigenvalue weighted by Crippen LogP contribution is -2.51. The zero-order valence-electron chi connectivity index (χ0n) is 19.8. The topological polar surface area (TPSA) is 63.6 Å². The SMILES string of the molecule is CC(C)C1=CC2=CCC3[C@@](C)(COC(=O)c4ccccc4C(=O)O)CCC[C@]3(C)[C@@H]2CC1. The van der Waals surface area contributed by atoms with Crippen molar-refractivity contribution in [1.82, 2.24) is 0 Å². The third-order valence-corrected chi connectivity index (χ3v) is 8.61. The van der Waals surface area contributed by atoms with E-state index >= 15 is 0 Å². The average Bonchev–Trinajstić information content (AvgIpc) is 2.77. The van der Waals surface area contributed by atoms with Crippen LogP contribution in [0.5, 0.6) is 0 Å². The molecule has 4 rings (SSSR count). The Hall–Kier alpha value is -2.36. The number of esters is 1. The van der Waals surface area contributed by atoms with Crippen LogP contribution >= 0.6 is 0 Å². The van der Waals surface area contributed by atoms with E-state index < -0.39 is 11.9 Å². The van der Waals surface area contributed by atoms with Gasteiger partial charge in [0.15, 0.2) is 0 Å². The Bertz CT molecular complexity index is 971. The van der Waals surface area contributed by atoms with Gasteiger partial charge in [-0.2, -0.15) is 0 Å². The van der Waals surface area contributed by atoms with Crippen molar-refractivity contribution >= 4 is 11.9 Å². The summed E-state index contributed by atoms with van der Waals surface area (Å²) in [5, 5.41) is 9.41. The summed E-state index contributed by atoms with van der Waals surface area (Å²) in [5.74, 6) is -0.0105. The highest BCUT2D eigenvalue weighted by atomic mass is 16.5. The van der Waals surface area contributed by atoms with E-state index in [1.807, 2.05) is 0 Å². The van der Waals surface area contributed by atoms with E-state index in [-0.39, 0.29) is 22.0 Å². The predicted molar refractivity (Wildman–Crippen MR) is 126 cm³/mol. The van der Waals surface area contributed by atoms with E-state index in [0.29, 0.717) is 24.4 Å². The summed E-state index contributed by atoms with van der Waals surface area (Å²) >= 11 is 0. The van der Waals surface area contributed by atoms with Crippen LogP contribution in [0.1, 0.15) is 86.9 Å². The summed E-state index contributed by atoms with van der Waals surface area (Å²) in [6.07, 6.45) is 11.7. The summed E-state index contributed by atoms with van der Waals surface area (Å²) in [7, 11) is 0. The van der Waals surface area contributed by atoms with Crippen molar-refractivity contribution in [3.63, 3.8) is 0 Å². The van der Waals surface area contributed by atoms with E-state index in [4.69, 9.17) is 4.74 Å². The zero-order valence-corrected chi connectivity index (χ0v) is 19.8. The van der Waals surface area contributed by atoms with Crippen LogP contribution < -0.4 is 0 Å². The minimum Gasteiger partial charge on any atom is -0.478 e. The molecule has 4 nitrogen and oxygen atoms in total. The molecular formula is C28H36O4. The number of ether oxygens (including phenoxy) is 1. The van der Waals surface area contributed by atoms with Gasteiger partial charge < -0.3 is 9.84 Å². The number of allylic oxidation sites excluding steroid dienone is 4. The third-order valence-electron chi connectivity index (χ3n) is 8.61. The van der Waals surface area contributed by atoms with E-state index in [1.165, 1.54) is 37.0 Å². The van der Waals surface area contributed by atoms with E-state index in [9.17, 15) is 14.7 Å². The Kier molecular flexibility index (Phi) is 6.08. The Morgan fingerprint density at radius 1 is 1.16 bits per heavy atom. The number of carboxylic acid groups (broad SMARTS) is 1. The van der Waals surface area contributed by atoms with Gasteiger partial charge in [-0.05, 0) is 73.0 Å². The molecule has 1 fully saturated rings. The second-order valence-corrected chi connectivity index (χ2v) is 10.9. The molecule has 0 aliphatic heterocycles. The van der Waals surface area contributed by atoms with E-state index in [2.05, 4.69) is 39.8 Å². The van der Waals surface area contributed by atoms with Crippen LogP contribution in [0.15, 0.2) is 47.6 Å². The maximum atomic E-state index is 12.8. The van der Waals surface area contributed by atoms with Gasteiger partial charge in [-0.15, -0.1) is 0 Å². The number of benzene rings is 1. The van der Waals surface area contributed by atoms with Gasteiger partial charge in [0.05, 0.1) is 17.7 Å². The van der Waals surface area contributed by atoms with Gasteiger partial charge in [-0.1, -0.05) is 64.0 Å². The lowest BCUT2D eigenvalue weighted by molar-refractivity contribution is -0.0788. The molecule has 0 saturated heterocycles. The van der Waals surface area contributed by atoms with Crippen molar-refractivity contribution in [2.45, 2.75) is 66.2 Å². The fraction of sp³-hybridized carbons (Fsp3) is 0.571. The number of carboxylic acids is 1. The minimum absolute atomic E-state index is 0.00340. The molecule has 0 radical (unpaired) electrons. The number of hydrogen-bond donors (Lipinski definition) is 1. The fourth-order valence-electron chi connectivity index (χ4n) is 6.80. The first-order valence-electron chi connectivity index (χ1n) is 12.1. The molecule has 172 valence electrons. The Labute approximate surface area is 191 Å². The van der Waals surface area contributed by atoms with E-state index in [0.717, 1.165) is 19.3 Å². The van der Waals surface area contributed by atoms with Gasteiger partial charge in [-0.3, -0.25) is 0 Å². The zero-order chi connectivity index (χ0) is 23.1. The Morgan fingerprint density at radius 2 is 1.88 bits per heavy atom. The number of fused-ring (bicyclic) bond motifs is 3. The highest BCUT2D eigenvalue weighted by Crippen LogP contribution is 2.62. The van der Waals surface area contributed by atoms with Crippen molar-refractivity contribution in [3.05, 3.63) is 58.7 Å². The van der Waals surface area contributed by atoms with E-state index in [1.54, 1.807) is 17.7 Å². The lowest BCUT2D eigenvalue weighted by Gasteiger charge is -2.58. The number of rotatable bonds is 5. The van der Waals surface area contributed by atoms with Crippen LogP contribution in [0.25, 0.3) is 0 Å². The molecule has 3 aliphatic carbocycles. The molecule has 0 bridgehead atoms. The molecule has 1 N–H and O–H groups in total. The van der Waals surface area contributed by atoms with Crippen molar-refractivity contribution in [1.29, 1.82) is 0 Å². The second kappa shape index (κ2) is 8.53. The lowest BCUT2D eigenvalue weighted by atomic mass is 9.47. The summed E-state index contributed by atoms with van der Waals surface area (Å²) in [5.41, 5.74) is 3.32. The molecule has 0 heterocycles. The molecule has 1 unspecified atom stereocenters. The van der Waals surface area contributed by atoms with Crippen LogP contribution in [0.2, 0.25) is 0 Å². The molecule has 3 aliphatic rings. The number of aromatic carboxylic acids is 1. The summed E-state index contributed by atoms with van der Waals surface area (Å²) in [4.78, 5) is 24.3. The van der Waals surface area contributed by atoms with Crippen molar-refractivity contribution in [2.24, 2.45) is 28.6 Å². The highest BCUT2D eigenvalue weighted by molar-refractivity contribution is 6.02. The van der Waals surface area contributed by atoms with Gasteiger partial charge >= 0.3 is 11.9 Å². The minimum atomic E-state index is -1.11. The first-order chi connectivity index (χ1) is 15.2. The first-order valence-corrected chi connectivity index (χ1v) is 12.1. The molecule has 1 saturated carbocycles. The quantitative estimate of drug-likeness (QED) is 0.523. The molecule has 1 aromatic carbocycles. The fourth-order valence-corrected chi connectivity index (χ4v) is 6.80. The van der Waals surface area contributed by atoms with Gasteiger partial charge in [0, 0.05) is 5.41 Å². The highest BCUT2D eigenvalue weighted by Gasteiger charge is 2.54. The first kappa shape index (κ1) is 22.8. The monoisotopic (exact) mass is 436 g/mol. The van der Waals surface area contributed by atoms with Gasteiger partial charge in [0.2, 0.25) is 0 Å². The largest absolute Gasteiger partial charge is 0.478 e. The van der Waals surface area contributed by atoms with Crippen LogP contribution in [-0.4, -0.2) is 23.7 Å². The maximum absolute atomic E-state index is 12.8. The standard InChI is InChI=1S/C28H36O4/c1-18(2)19-10-12-23-20(16-19)11-13-24-27(3,14-7-15-28(23,24)4)17-32-26(31)22-9-6-5-8-21(22)25(29)30/h5-6,8-9,11,16,18,23-24H,7,10,12-15,17H2,1-4H3,(H,29,30)/t23-,24?,27-,28-/m1/s1. The van der Waals surface area contributed by atoms with Crippen LogP contribution in [-0.2, 0) is 4.74 Å². The Morgan fingerprint density at radius 3 is 2.56 bits per heavy atom. The third kappa shape index (κ3) is 3.93. The second-order valence-electron chi connectivity index (χ2n) is 10.9. The van der Waals surface area contributed by atoms with Crippen LogP contribution in [0.4, 0.5) is 0 Å². The van der Waals surface area contributed by atoms with Crippen molar-refractivity contribution in [3.8, 4) is 0 Å². The van der Waals surface area contributed by atoms with Crippen LogP contribution in [0.3, 0.4) is 0 Å². The van der Waals surface area contributed by atoms with Gasteiger partial charge in [-0.25, -0.2) is 9.59 Å². The molecule has 4 heteroatoms. The number of carbonyl (C=O) groups is 2. The van der Waals surface area contributed by atoms with Gasteiger partial charge in [0.1, 0.15) is 0 Å². The molecular weight excluding hydrogens is 400 g/mol. The summed E-state index contributed by atoms with van der Waals surface area (Å²) < 4.78 is 5.81. The normalized spacial score (nSPS) is 31.8. The van der Waals surface area contributed by atoms with Crippen LogP contribution in [0, 0.1) is 28.6 Å². The van der Waals surface area contributed by atoms with Crippen molar-refractivity contribution in [2.75, 3.05) is 6.61 Å². The molecule has 0 amide bonds. The predicted octanol–water partition coefficient (Wildman–Crippen LogP) is 6.68. The molecule has 32 heavy (non-hydrogen) atoms. The van der Waals surface area contributed by atoms with Crippen molar-refractivity contribution < 1.29 is 19.4 Å². The molecule has 0 spiro atoms.